The van der Waals surface area contributed by atoms with E-state index < -0.39 is 16.9 Å². The highest BCUT2D eigenvalue weighted by Crippen LogP contribution is 2.35. The van der Waals surface area contributed by atoms with Crippen molar-refractivity contribution in [2.75, 3.05) is 6.61 Å². The molecule has 1 aromatic heterocycles. The minimum absolute atomic E-state index is 0.0849. The van der Waals surface area contributed by atoms with Gasteiger partial charge in [0.2, 0.25) is 0 Å². The number of carbonyl (C=O) groups is 1. The van der Waals surface area contributed by atoms with Crippen LogP contribution in [0.15, 0.2) is 18.2 Å². The number of aromatic nitrogens is 1. The lowest BCUT2D eigenvalue weighted by atomic mass is 10.2. The first-order chi connectivity index (χ1) is 8.45. The number of hydrogen-bond acceptors (Lipinski definition) is 4. The molecular weight excluding hydrogens is 260 g/mol. The molecule has 0 spiro atoms. The first kappa shape index (κ1) is 12.9. The lowest BCUT2D eigenvalue weighted by Gasteiger charge is -2.10. The Labute approximate surface area is 106 Å². The summed E-state index contributed by atoms with van der Waals surface area (Å²) >= 11 is 0.811. The summed E-state index contributed by atoms with van der Waals surface area (Å²) in [6, 6.07) is 5.21. The summed E-state index contributed by atoms with van der Waals surface area (Å²) in [6.07, 6.45) is 0. The van der Waals surface area contributed by atoms with Crippen LogP contribution in [0.4, 0.5) is 8.78 Å². The van der Waals surface area contributed by atoms with Gasteiger partial charge in [-0.15, -0.1) is 11.3 Å². The fourth-order valence-corrected chi connectivity index (χ4v) is 2.50. The van der Waals surface area contributed by atoms with Crippen LogP contribution in [0.5, 0.6) is 0 Å². The monoisotopic (exact) mass is 271 g/mol. The van der Waals surface area contributed by atoms with Crippen molar-refractivity contribution in [2.24, 2.45) is 0 Å². The van der Waals surface area contributed by atoms with E-state index in [1.807, 2.05) is 6.92 Å². The standard InChI is InChI=1S/C12H11F2NO2S/c1-3-17-11(16)12(13,14)10-15-8-5-4-7(2)6-9(8)18-10/h4-6H,3H2,1-2H3. The molecule has 18 heavy (non-hydrogen) atoms. The molecule has 3 nitrogen and oxygen atoms in total. The maximum absolute atomic E-state index is 13.7. The third kappa shape index (κ3) is 2.20. The number of alkyl halides is 2. The van der Waals surface area contributed by atoms with Gasteiger partial charge in [0.15, 0.2) is 5.01 Å². The summed E-state index contributed by atoms with van der Waals surface area (Å²) in [6.45, 7) is 3.26. The van der Waals surface area contributed by atoms with Crippen molar-refractivity contribution in [1.29, 1.82) is 0 Å². The van der Waals surface area contributed by atoms with Gasteiger partial charge < -0.3 is 4.74 Å². The molecule has 96 valence electrons. The van der Waals surface area contributed by atoms with Crippen LogP contribution >= 0.6 is 11.3 Å². The Balaban J connectivity index is 2.44. The molecule has 2 aromatic rings. The zero-order valence-corrected chi connectivity index (χ0v) is 10.7. The van der Waals surface area contributed by atoms with E-state index in [1.165, 1.54) is 6.92 Å². The van der Waals surface area contributed by atoms with Gasteiger partial charge >= 0.3 is 11.9 Å². The second-order valence-electron chi connectivity index (χ2n) is 3.79. The summed E-state index contributed by atoms with van der Waals surface area (Å²) in [7, 11) is 0. The zero-order valence-electron chi connectivity index (χ0n) is 9.87. The van der Waals surface area contributed by atoms with Crippen LogP contribution < -0.4 is 0 Å². The van der Waals surface area contributed by atoms with Crippen LogP contribution in [-0.4, -0.2) is 17.6 Å². The van der Waals surface area contributed by atoms with Crippen LogP contribution in [0.2, 0.25) is 0 Å². The van der Waals surface area contributed by atoms with Crippen molar-refractivity contribution in [3.63, 3.8) is 0 Å². The lowest BCUT2D eigenvalue weighted by molar-refractivity contribution is -0.173. The van der Waals surface area contributed by atoms with Gasteiger partial charge in [-0.3, -0.25) is 0 Å². The number of hydrogen-bond donors (Lipinski definition) is 0. The molecule has 0 N–H and O–H groups in total. The topological polar surface area (TPSA) is 39.2 Å². The normalized spacial score (nSPS) is 11.8. The molecule has 0 bridgehead atoms. The number of aryl methyl sites for hydroxylation is 1. The fraction of sp³-hybridized carbons (Fsp3) is 0.333. The van der Waals surface area contributed by atoms with Gasteiger partial charge in [0.25, 0.3) is 0 Å². The third-order valence-electron chi connectivity index (χ3n) is 2.34. The molecule has 0 saturated heterocycles. The average molecular weight is 271 g/mol. The Morgan fingerprint density at radius 3 is 2.89 bits per heavy atom. The molecule has 0 fully saturated rings. The van der Waals surface area contributed by atoms with E-state index >= 15 is 0 Å². The van der Waals surface area contributed by atoms with Gasteiger partial charge in [-0.2, -0.15) is 8.78 Å². The Bertz CT molecular complexity index is 595. The molecule has 0 aliphatic heterocycles. The first-order valence-electron chi connectivity index (χ1n) is 5.38. The van der Waals surface area contributed by atoms with E-state index in [2.05, 4.69) is 9.72 Å². The quantitative estimate of drug-likeness (QED) is 0.804. The lowest BCUT2D eigenvalue weighted by Crippen LogP contribution is -2.28. The van der Waals surface area contributed by atoms with Crippen LogP contribution in [0, 0.1) is 6.92 Å². The third-order valence-corrected chi connectivity index (χ3v) is 3.43. The smallest absolute Gasteiger partial charge is 0.393 e. The van der Waals surface area contributed by atoms with Crippen molar-refractivity contribution in [1.82, 2.24) is 4.98 Å². The number of thiazole rings is 1. The number of ether oxygens (including phenoxy) is 1. The van der Waals surface area contributed by atoms with Crippen molar-refractivity contribution >= 4 is 27.5 Å². The summed E-state index contributed by atoms with van der Waals surface area (Å²) in [5.74, 6) is -5.24. The van der Waals surface area contributed by atoms with Gasteiger partial charge in [-0.05, 0) is 31.5 Å². The Hall–Kier alpha value is -1.56. The van der Waals surface area contributed by atoms with Crippen molar-refractivity contribution < 1.29 is 18.3 Å². The highest BCUT2D eigenvalue weighted by atomic mass is 32.1. The van der Waals surface area contributed by atoms with Crippen LogP contribution in [0.3, 0.4) is 0 Å². The number of fused-ring (bicyclic) bond motifs is 1. The molecule has 0 aliphatic carbocycles. The van der Waals surface area contributed by atoms with E-state index in [9.17, 15) is 13.6 Å². The highest BCUT2D eigenvalue weighted by molar-refractivity contribution is 7.18. The van der Waals surface area contributed by atoms with Crippen molar-refractivity contribution in [3.05, 3.63) is 28.8 Å². The predicted octanol–water partition coefficient (Wildman–Crippen LogP) is 3.26. The molecular formula is C12H11F2NO2S. The number of nitrogens with zero attached hydrogens (tertiary/aromatic N) is 1. The second-order valence-corrected chi connectivity index (χ2v) is 4.82. The molecule has 0 radical (unpaired) electrons. The Morgan fingerprint density at radius 1 is 1.50 bits per heavy atom. The molecule has 1 heterocycles. The SMILES string of the molecule is CCOC(=O)C(F)(F)c1nc2ccc(C)cc2s1. The maximum Gasteiger partial charge on any atom is 0.393 e. The Kier molecular flexibility index (Phi) is 3.30. The summed E-state index contributed by atoms with van der Waals surface area (Å²) < 4.78 is 32.5. The Morgan fingerprint density at radius 2 is 2.22 bits per heavy atom. The molecule has 0 amide bonds. The highest BCUT2D eigenvalue weighted by Gasteiger charge is 2.45. The van der Waals surface area contributed by atoms with E-state index in [1.54, 1.807) is 18.2 Å². The molecule has 2 rings (SSSR count). The number of carbonyl (C=O) groups excluding carboxylic acids is 1. The predicted molar refractivity (Wildman–Crippen MR) is 64.9 cm³/mol. The van der Waals surface area contributed by atoms with Gasteiger partial charge in [0.05, 0.1) is 16.8 Å². The van der Waals surface area contributed by atoms with Crippen molar-refractivity contribution in [2.45, 2.75) is 19.8 Å². The number of esters is 1. The van der Waals surface area contributed by atoms with Gasteiger partial charge in [-0.1, -0.05) is 6.07 Å². The van der Waals surface area contributed by atoms with Crippen LogP contribution in [0.25, 0.3) is 10.2 Å². The van der Waals surface area contributed by atoms with Gasteiger partial charge in [0.1, 0.15) is 0 Å². The first-order valence-corrected chi connectivity index (χ1v) is 6.19. The number of halogens is 2. The summed E-state index contributed by atoms with van der Waals surface area (Å²) in [5.41, 5.74) is 1.42. The van der Waals surface area contributed by atoms with E-state index in [0.29, 0.717) is 10.2 Å². The largest absolute Gasteiger partial charge is 0.461 e. The molecule has 0 unspecified atom stereocenters. The van der Waals surface area contributed by atoms with Gasteiger partial charge in [-0.25, -0.2) is 9.78 Å². The molecule has 0 aliphatic rings. The van der Waals surface area contributed by atoms with Gasteiger partial charge in [0, 0.05) is 0 Å². The fourth-order valence-electron chi connectivity index (χ4n) is 1.48. The molecule has 0 atom stereocenters. The molecule has 0 saturated carbocycles. The van der Waals surface area contributed by atoms with Crippen LogP contribution in [-0.2, 0) is 15.5 Å². The summed E-state index contributed by atoms with van der Waals surface area (Å²) in [4.78, 5) is 15.0. The van der Waals surface area contributed by atoms with E-state index in [-0.39, 0.29) is 6.61 Å². The number of rotatable bonds is 3. The second kappa shape index (κ2) is 4.61. The number of benzene rings is 1. The van der Waals surface area contributed by atoms with E-state index in [0.717, 1.165) is 16.9 Å². The minimum Gasteiger partial charge on any atom is -0.461 e. The van der Waals surface area contributed by atoms with Crippen LogP contribution in [0.1, 0.15) is 17.5 Å². The molecule has 6 heteroatoms. The van der Waals surface area contributed by atoms with E-state index in [4.69, 9.17) is 0 Å². The average Bonchev–Trinajstić information content (AvgIpc) is 2.72. The maximum atomic E-state index is 13.7. The molecule has 1 aromatic carbocycles. The summed E-state index contributed by atoms with van der Waals surface area (Å²) in [5, 5.41) is -0.526. The van der Waals surface area contributed by atoms with Crippen molar-refractivity contribution in [3.8, 4) is 0 Å². The zero-order chi connectivity index (χ0) is 13.3. The minimum atomic E-state index is -3.69.